The summed E-state index contributed by atoms with van der Waals surface area (Å²) in [5.41, 5.74) is 0.882. The molecule has 1 aliphatic carbocycles. The highest BCUT2D eigenvalue weighted by Crippen LogP contribution is 2.42. The zero-order chi connectivity index (χ0) is 7.84. The van der Waals surface area contributed by atoms with Crippen LogP contribution in [-0.4, -0.2) is 5.11 Å². The molecule has 1 N–H and O–H groups in total. The maximum Gasteiger partial charge on any atom is 0.174 e. The van der Waals surface area contributed by atoms with Gasteiger partial charge in [-0.2, -0.15) is 0 Å². The molecule has 0 aliphatic heterocycles. The van der Waals surface area contributed by atoms with E-state index < -0.39 is 0 Å². The van der Waals surface area contributed by atoms with Crippen molar-refractivity contribution >= 4 is 15.9 Å². The fourth-order valence-electron chi connectivity index (χ4n) is 1.18. The van der Waals surface area contributed by atoms with Crippen LogP contribution in [0.25, 0.3) is 0 Å². The van der Waals surface area contributed by atoms with Crippen LogP contribution in [0.4, 0.5) is 0 Å². The molecule has 1 atom stereocenters. The first-order valence-electron chi connectivity index (χ1n) is 3.70. The summed E-state index contributed by atoms with van der Waals surface area (Å²) in [5.74, 6) is 0.462. The highest BCUT2D eigenvalue weighted by molar-refractivity contribution is 9.10. The molecule has 1 unspecified atom stereocenters. The van der Waals surface area contributed by atoms with Crippen LogP contribution in [0.2, 0.25) is 0 Å². The lowest BCUT2D eigenvalue weighted by molar-refractivity contribution is 0.152. The summed E-state index contributed by atoms with van der Waals surface area (Å²) in [5, 5.41) is 9.64. The van der Waals surface area contributed by atoms with Crippen LogP contribution in [0.3, 0.4) is 0 Å². The molecule has 3 heteroatoms. The summed E-state index contributed by atoms with van der Waals surface area (Å²) >= 11 is 3.24. The second-order valence-corrected chi connectivity index (χ2v) is 3.65. The van der Waals surface area contributed by atoms with E-state index in [1.165, 1.54) is 0 Å². The quantitative estimate of drug-likeness (QED) is 0.825. The van der Waals surface area contributed by atoms with E-state index in [9.17, 15) is 5.11 Å². The molecule has 0 saturated heterocycles. The first kappa shape index (κ1) is 7.37. The number of furan rings is 1. The van der Waals surface area contributed by atoms with Crippen molar-refractivity contribution in [1.29, 1.82) is 0 Å². The first-order chi connectivity index (χ1) is 5.29. The molecule has 1 aromatic heterocycles. The van der Waals surface area contributed by atoms with E-state index in [-0.39, 0.29) is 6.10 Å². The topological polar surface area (TPSA) is 33.4 Å². The van der Waals surface area contributed by atoms with Crippen LogP contribution < -0.4 is 0 Å². The molecule has 0 amide bonds. The van der Waals surface area contributed by atoms with Gasteiger partial charge in [0.15, 0.2) is 4.67 Å². The monoisotopic (exact) mass is 216 g/mol. The van der Waals surface area contributed by atoms with Crippen LogP contribution in [0.15, 0.2) is 21.4 Å². The second kappa shape index (κ2) is 2.64. The summed E-state index contributed by atoms with van der Waals surface area (Å²) in [4.78, 5) is 0. The third-order valence-corrected chi connectivity index (χ3v) is 2.68. The Bertz CT molecular complexity index is 252. The molecule has 0 bridgehead atoms. The van der Waals surface area contributed by atoms with E-state index in [2.05, 4.69) is 15.9 Å². The van der Waals surface area contributed by atoms with Gasteiger partial charge in [-0.25, -0.2) is 0 Å². The van der Waals surface area contributed by atoms with Gasteiger partial charge in [0, 0.05) is 5.56 Å². The van der Waals surface area contributed by atoms with Gasteiger partial charge in [0.2, 0.25) is 0 Å². The fraction of sp³-hybridized carbons (Fsp3) is 0.500. The van der Waals surface area contributed by atoms with Crippen molar-refractivity contribution in [1.82, 2.24) is 0 Å². The Morgan fingerprint density at radius 2 is 2.36 bits per heavy atom. The van der Waals surface area contributed by atoms with Crippen LogP contribution in [0.1, 0.15) is 24.5 Å². The van der Waals surface area contributed by atoms with Gasteiger partial charge in [-0.05, 0) is 40.8 Å². The van der Waals surface area contributed by atoms with E-state index in [4.69, 9.17) is 4.42 Å². The van der Waals surface area contributed by atoms with E-state index in [1.807, 2.05) is 6.07 Å². The van der Waals surface area contributed by atoms with Crippen molar-refractivity contribution in [3.8, 4) is 0 Å². The minimum atomic E-state index is -0.330. The summed E-state index contributed by atoms with van der Waals surface area (Å²) in [6.45, 7) is 0. The van der Waals surface area contributed by atoms with Crippen molar-refractivity contribution in [3.63, 3.8) is 0 Å². The minimum Gasteiger partial charge on any atom is -0.457 e. The predicted octanol–water partition coefficient (Wildman–Crippen LogP) is 2.49. The van der Waals surface area contributed by atoms with Crippen molar-refractivity contribution in [3.05, 3.63) is 22.6 Å². The predicted molar refractivity (Wildman–Crippen MR) is 44.1 cm³/mol. The molecule has 1 aromatic rings. The Kier molecular flexibility index (Phi) is 1.77. The Labute approximate surface area is 73.3 Å². The van der Waals surface area contributed by atoms with Crippen LogP contribution >= 0.6 is 15.9 Å². The Morgan fingerprint density at radius 3 is 2.82 bits per heavy atom. The SMILES string of the molecule is OC(c1ccoc1Br)C1CC1. The highest BCUT2D eigenvalue weighted by Gasteiger charge is 2.32. The number of rotatable bonds is 2. The van der Waals surface area contributed by atoms with E-state index in [0.29, 0.717) is 10.6 Å². The van der Waals surface area contributed by atoms with Crippen molar-refractivity contribution in [2.24, 2.45) is 5.92 Å². The van der Waals surface area contributed by atoms with E-state index in [0.717, 1.165) is 18.4 Å². The maximum atomic E-state index is 9.64. The number of halogens is 1. The highest BCUT2D eigenvalue weighted by atomic mass is 79.9. The lowest BCUT2D eigenvalue weighted by atomic mass is 10.1. The smallest absolute Gasteiger partial charge is 0.174 e. The molecule has 0 radical (unpaired) electrons. The number of hydrogen-bond donors (Lipinski definition) is 1. The van der Waals surface area contributed by atoms with Crippen LogP contribution in [-0.2, 0) is 0 Å². The summed E-state index contributed by atoms with van der Waals surface area (Å²) in [7, 11) is 0. The molecular formula is C8H9BrO2. The van der Waals surface area contributed by atoms with Crippen LogP contribution in [0, 0.1) is 5.92 Å². The van der Waals surface area contributed by atoms with Gasteiger partial charge in [-0.15, -0.1) is 0 Å². The number of aliphatic hydroxyl groups excluding tert-OH is 1. The third kappa shape index (κ3) is 1.35. The lowest BCUT2D eigenvalue weighted by Crippen LogP contribution is -1.97. The number of aliphatic hydroxyl groups is 1. The molecule has 2 nitrogen and oxygen atoms in total. The third-order valence-electron chi connectivity index (χ3n) is 2.03. The Balaban J connectivity index is 2.20. The minimum absolute atomic E-state index is 0.330. The fourth-order valence-corrected chi connectivity index (χ4v) is 1.66. The molecular weight excluding hydrogens is 208 g/mol. The van der Waals surface area contributed by atoms with Gasteiger partial charge >= 0.3 is 0 Å². The first-order valence-corrected chi connectivity index (χ1v) is 4.49. The molecule has 2 rings (SSSR count). The molecule has 1 saturated carbocycles. The van der Waals surface area contributed by atoms with Gasteiger partial charge in [-0.1, -0.05) is 0 Å². The molecule has 60 valence electrons. The van der Waals surface area contributed by atoms with E-state index >= 15 is 0 Å². The zero-order valence-corrected chi connectivity index (χ0v) is 7.54. The van der Waals surface area contributed by atoms with Crippen molar-refractivity contribution in [2.45, 2.75) is 18.9 Å². The summed E-state index contributed by atoms with van der Waals surface area (Å²) < 4.78 is 5.68. The van der Waals surface area contributed by atoms with Gasteiger partial charge < -0.3 is 9.52 Å². The average molecular weight is 217 g/mol. The molecule has 0 spiro atoms. The Hall–Kier alpha value is -0.280. The summed E-state index contributed by atoms with van der Waals surface area (Å²) in [6, 6.07) is 1.81. The van der Waals surface area contributed by atoms with Gasteiger partial charge in [0.25, 0.3) is 0 Å². The number of hydrogen-bond acceptors (Lipinski definition) is 2. The van der Waals surface area contributed by atoms with Crippen molar-refractivity contribution in [2.75, 3.05) is 0 Å². The largest absolute Gasteiger partial charge is 0.457 e. The molecule has 1 aliphatic rings. The standard InChI is InChI=1S/C8H9BrO2/c9-8-6(3-4-11-8)7(10)5-1-2-5/h3-5,7,10H,1-2H2. The molecule has 1 heterocycles. The normalized spacial score (nSPS) is 20.2. The molecule has 1 fully saturated rings. The van der Waals surface area contributed by atoms with E-state index in [1.54, 1.807) is 6.26 Å². The molecule has 0 aromatic carbocycles. The summed E-state index contributed by atoms with van der Waals surface area (Å²) in [6.07, 6.45) is 3.53. The van der Waals surface area contributed by atoms with Crippen molar-refractivity contribution < 1.29 is 9.52 Å². The lowest BCUT2D eigenvalue weighted by Gasteiger charge is -2.05. The van der Waals surface area contributed by atoms with Gasteiger partial charge in [-0.3, -0.25) is 0 Å². The Morgan fingerprint density at radius 1 is 1.64 bits per heavy atom. The van der Waals surface area contributed by atoms with Crippen LogP contribution in [0.5, 0.6) is 0 Å². The average Bonchev–Trinajstić information content (AvgIpc) is 2.74. The zero-order valence-electron chi connectivity index (χ0n) is 5.96. The second-order valence-electron chi connectivity index (χ2n) is 2.93. The molecule has 11 heavy (non-hydrogen) atoms. The maximum absolute atomic E-state index is 9.64. The van der Waals surface area contributed by atoms with Gasteiger partial charge in [0.1, 0.15) is 0 Å². The van der Waals surface area contributed by atoms with Gasteiger partial charge in [0.05, 0.1) is 12.4 Å².